The van der Waals surface area contributed by atoms with Crippen LogP contribution in [-0.4, -0.2) is 25.9 Å². The first-order valence-electron chi connectivity index (χ1n) is 7.58. The Hall–Kier alpha value is -3.36. The van der Waals surface area contributed by atoms with Crippen LogP contribution in [0, 0.1) is 32.6 Å². The predicted molar refractivity (Wildman–Crippen MR) is 89.6 cm³/mol. The summed E-state index contributed by atoms with van der Waals surface area (Å²) in [6, 6.07) is 2.74. The van der Waals surface area contributed by atoms with Crippen LogP contribution in [0.15, 0.2) is 27.8 Å². The van der Waals surface area contributed by atoms with Crippen LogP contribution >= 0.6 is 0 Å². The molecule has 0 unspecified atom stereocenters. The van der Waals surface area contributed by atoms with Gasteiger partial charge >= 0.3 is 0 Å². The fraction of sp³-hybridized carbons (Fsp3) is 0.176. The van der Waals surface area contributed by atoms with Crippen molar-refractivity contribution in [3.63, 3.8) is 0 Å². The number of oxime groups is 1. The van der Waals surface area contributed by atoms with E-state index in [0.29, 0.717) is 11.3 Å². The Kier molecular flexibility index (Phi) is 4.15. The van der Waals surface area contributed by atoms with Gasteiger partial charge in [0.1, 0.15) is 17.2 Å². The molecule has 4 N–H and O–H groups in total. The van der Waals surface area contributed by atoms with Gasteiger partial charge in [-0.2, -0.15) is 9.49 Å². The summed E-state index contributed by atoms with van der Waals surface area (Å²) in [5.41, 5.74) is 7.04. The molecule has 0 aliphatic carbocycles. The van der Waals surface area contributed by atoms with Crippen LogP contribution in [0.5, 0.6) is 5.75 Å². The van der Waals surface area contributed by atoms with Crippen LogP contribution in [0.4, 0.5) is 8.78 Å². The highest BCUT2D eigenvalue weighted by molar-refractivity contribution is 6.04. The molecule has 2 aromatic heterocycles. The van der Waals surface area contributed by atoms with Gasteiger partial charge in [-0.15, -0.1) is 0 Å². The van der Waals surface area contributed by atoms with E-state index in [9.17, 15) is 13.9 Å². The number of aromatic nitrogens is 2. The molecule has 9 heteroatoms. The summed E-state index contributed by atoms with van der Waals surface area (Å²) in [6.07, 6.45) is 0. The molecule has 136 valence electrons. The number of benzene rings is 1. The van der Waals surface area contributed by atoms with Crippen molar-refractivity contribution in [1.29, 1.82) is 0 Å². The Morgan fingerprint density at radius 1 is 1.27 bits per heavy atom. The van der Waals surface area contributed by atoms with Crippen molar-refractivity contribution >= 4 is 5.84 Å². The van der Waals surface area contributed by atoms with Gasteiger partial charge in [0.05, 0.1) is 17.0 Å². The normalized spacial score (nSPS) is 12.0. The van der Waals surface area contributed by atoms with Gasteiger partial charge in [0.2, 0.25) is 0 Å². The second-order valence-electron chi connectivity index (χ2n) is 5.77. The Morgan fingerprint density at radius 3 is 2.50 bits per heavy atom. The molecule has 0 aliphatic rings. The van der Waals surface area contributed by atoms with Crippen LogP contribution in [0.3, 0.4) is 0 Å². The molecule has 3 aromatic rings. The number of furan rings is 1. The number of hydrogen-bond donors (Lipinski definition) is 3. The van der Waals surface area contributed by atoms with E-state index >= 15 is 0 Å². The summed E-state index contributed by atoms with van der Waals surface area (Å²) < 4.78 is 34.6. The number of amidine groups is 1. The SMILES string of the molecule is Cc1nn(-c2ccc(O)cc2F)c(-c2c(C)oc(F)c2C)c1C(N)=NO. The van der Waals surface area contributed by atoms with Gasteiger partial charge in [-0.05, 0) is 32.9 Å². The van der Waals surface area contributed by atoms with Crippen LogP contribution in [0.25, 0.3) is 16.9 Å². The fourth-order valence-electron chi connectivity index (χ4n) is 2.93. The molecule has 2 heterocycles. The minimum absolute atomic E-state index is 0.00158. The van der Waals surface area contributed by atoms with Crippen molar-refractivity contribution in [2.24, 2.45) is 10.9 Å². The lowest BCUT2D eigenvalue weighted by Gasteiger charge is -2.11. The van der Waals surface area contributed by atoms with Crippen molar-refractivity contribution in [1.82, 2.24) is 9.78 Å². The van der Waals surface area contributed by atoms with Gasteiger partial charge in [-0.1, -0.05) is 5.16 Å². The molecule has 0 fully saturated rings. The molecule has 0 radical (unpaired) electrons. The maximum atomic E-state index is 14.4. The summed E-state index contributed by atoms with van der Waals surface area (Å²) in [5, 5.41) is 25.8. The molecular weight excluding hydrogens is 346 g/mol. The summed E-state index contributed by atoms with van der Waals surface area (Å²) >= 11 is 0. The molecule has 26 heavy (non-hydrogen) atoms. The highest BCUT2D eigenvalue weighted by Gasteiger charge is 2.28. The van der Waals surface area contributed by atoms with Crippen molar-refractivity contribution in [3.8, 4) is 22.7 Å². The molecule has 1 aromatic carbocycles. The second kappa shape index (κ2) is 6.17. The Labute approximate surface area is 147 Å². The van der Waals surface area contributed by atoms with Crippen LogP contribution in [0.2, 0.25) is 0 Å². The van der Waals surface area contributed by atoms with E-state index in [1.165, 1.54) is 23.7 Å². The molecule has 3 rings (SSSR count). The highest BCUT2D eigenvalue weighted by atomic mass is 19.1. The zero-order valence-electron chi connectivity index (χ0n) is 14.2. The standard InChI is InChI=1S/C17H16F2N4O3/c1-7-13(9(3)26-16(7)19)15-14(17(20)22-25)8(2)21-23(15)12-5-4-10(24)6-11(12)18/h4-6,24-25H,1-3H3,(H2,20,22). The maximum absolute atomic E-state index is 14.4. The van der Waals surface area contributed by atoms with Gasteiger partial charge in [0.15, 0.2) is 11.7 Å². The number of phenols is 1. The third kappa shape index (κ3) is 2.57. The molecule has 0 amide bonds. The number of aromatic hydroxyl groups is 1. The number of phenolic OH excluding ortho intramolecular Hbond substituents is 1. The van der Waals surface area contributed by atoms with Crippen LogP contribution in [0.1, 0.15) is 22.6 Å². The fourth-order valence-corrected chi connectivity index (χ4v) is 2.93. The van der Waals surface area contributed by atoms with Crippen molar-refractivity contribution < 1.29 is 23.5 Å². The minimum atomic E-state index is -0.792. The monoisotopic (exact) mass is 362 g/mol. The molecule has 0 bridgehead atoms. The predicted octanol–water partition coefficient (Wildman–Crippen LogP) is 3.14. The minimum Gasteiger partial charge on any atom is -0.508 e. The molecular formula is C17H16F2N4O3. The number of nitrogens with zero attached hydrogens (tertiary/aromatic N) is 3. The third-order valence-electron chi connectivity index (χ3n) is 4.09. The van der Waals surface area contributed by atoms with Crippen LogP contribution in [-0.2, 0) is 0 Å². The van der Waals surface area contributed by atoms with Gasteiger partial charge in [0.25, 0.3) is 6.01 Å². The van der Waals surface area contributed by atoms with Gasteiger partial charge in [-0.3, -0.25) is 0 Å². The molecule has 7 nitrogen and oxygen atoms in total. The molecule has 0 spiro atoms. The first-order valence-corrected chi connectivity index (χ1v) is 7.58. The Balaban J connectivity index is 2.44. The second-order valence-corrected chi connectivity index (χ2v) is 5.77. The summed E-state index contributed by atoms with van der Waals surface area (Å²) in [6.45, 7) is 4.63. The van der Waals surface area contributed by atoms with E-state index in [-0.39, 0.29) is 39.9 Å². The molecule has 0 atom stereocenters. The number of halogens is 2. The van der Waals surface area contributed by atoms with E-state index in [2.05, 4.69) is 10.3 Å². The average Bonchev–Trinajstić information content (AvgIpc) is 3.03. The van der Waals surface area contributed by atoms with Crippen molar-refractivity contribution in [2.45, 2.75) is 20.8 Å². The Morgan fingerprint density at radius 2 is 1.96 bits per heavy atom. The quantitative estimate of drug-likeness (QED) is 0.287. The van der Waals surface area contributed by atoms with Gasteiger partial charge in [0, 0.05) is 17.2 Å². The lowest BCUT2D eigenvalue weighted by Crippen LogP contribution is -2.15. The van der Waals surface area contributed by atoms with E-state index < -0.39 is 11.8 Å². The summed E-state index contributed by atoms with van der Waals surface area (Å²) in [5.74, 6) is -1.04. The molecule has 0 saturated carbocycles. The van der Waals surface area contributed by atoms with E-state index in [1.54, 1.807) is 13.8 Å². The lowest BCUT2D eigenvalue weighted by molar-refractivity contribution is 0.318. The molecule has 0 aliphatic heterocycles. The zero-order chi connectivity index (χ0) is 19.2. The third-order valence-corrected chi connectivity index (χ3v) is 4.09. The summed E-state index contributed by atoms with van der Waals surface area (Å²) in [4.78, 5) is 0. The van der Waals surface area contributed by atoms with Crippen molar-refractivity contribution in [2.75, 3.05) is 0 Å². The van der Waals surface area contributed by atoms with E-state index in [4.69, 9.17) is 15.4 Å². The smallest absolute Gasteiger partial charge is 0.281 e. The van der Waals surface area contributed by atoms with Gasteiger partial charge < -0.3 is 20.5 Å². The first-order chi connectivity index (χ1) is 12.3. The van der Waals surface area contributed by atoms with Crippen molar-refractivity contribution in [3.05, 3.63) is 52.6 Å². The first kappa shape index (κ1) is 17.5. The maximum Gasteiger partial charge on any atom is 0.281 e. The number of rotatable bonds is 3. The number of hydrogen-bond acceptors (Lipinski definition) is 5. The number of nitrogens with two attached hydrogens (primary N) is 1. The lowest BCUT2D eigenvalue weighted by atomic mass is 10.0. The summed E-state index contributed by atoms with van der Waals surface area (Å²) in [7, 11) is 0. The number of aryl methyl sites for hydroxylation is 2. The Bertz CT molecular complexity index is 1040. The largest absolute Gasteiger partial charge is 0.508 e. The average molecular weight is 362 g/mol. The van der Waals surface area contributed by atoms with E-state index in [0.717, 1.165) is 6.07 Å². The van der Waals surface area contributed by atoms with Crippen LogP contribution < -0.4 is 5.73 Å². The van der Waals surface area contributed by atoms with E-state index in [1.807, 2.05) is 0 Å². The topological polar surface area (TPSA) is 110 Å². The zero-order valence-corrected chi connectivity index (χ0v) is 14.2. The molecule has 0 saturated heterocycles. The van der Waals surface area contributed by atoms with Gasteiger partial charge in [-0.25, -0.2) is 9.07 Å². The highest BCUT2D eigenvalue weighted by Crippen LogP contribution is 2.36.